The third-order valence-electron chi connectivity index (χ3n) is 5.24. The molecule has 1 aromatic heterocycles. The van der Waals surface area contributed by atoms with E-state index in [2.05, 4.69) is 35.4 Å². The van der Waals surface area contributed by atoms with Crippen molar-refractivity contribution in [3.05, 3.63) is 65.9 Å². The van der Waals surface area contributed by atoms with Gasteiger partial charge < -0.3 is 19.5 Å². The number of esters is 1. The third-order valence-corrected chi connectivity index (χ3v) is 5.24. The highest BCUT2D eigenvalue weighted by atomic mass is 16.5. The fourth-order valence-corrected chi connectivity index (χ4v) is 3.68. The summed E-state index contributed by atoms with van der Waals surface area (Å²) in [5, 5.41) is 3.43. The third kappa shape index (κ3) is 6.33. The maximum absolute atomic E-state index is 12.0. The number of rotatable bonds is 11. The molecule has 0 bridgehead atoms. The standard InChI is InChI=1S/C27H32N2O4/c1-5-28-17-22-16-20(21-10-13-26(29-18-21)32-6-2)9-11-23(22)24-14-19(8-12-25(24)31-4)15-27(30)33-7-3/h8-14,16,18,28H,5-7,15,17H2,1-4H3. The van der Waals surface area contributed by atoms with Crippen LogP contribution >= 0.6 is 0 Å². The predicted molar refractivity (Wildman–Crippen MR) is 131 cm³/mol. The van der Waals surface area contributed by atoms with E-state index in [4.69, 9.17) is 14.2 Å². The van der Waals surface area contributed by atoms with Gasteiger partial charge >= 0.3 is 5.97 Å². The van der Waals surface area contributed by atoms with Crippen molar-refractivity contribution in [2.24, 2.45) is 0 Å². The monoisotopic (exact) mass is 448 g/mol. The molecule has 33 heavy (non-hydrogen) atoms. The zero-order valence-electron chi connectivity index (χ0n) is 19.8. The summed E-state index contributed by atoms with van der Waals surface area (Å²) in [6.45, 7) is 8.36. The lowest BCUT2D eigenvalue weighted by Gasteiger charge is -2.16. The number of hydrogen-bond acceptors (Lipinski definition) is 6. The van der Waals surface area contributed by atoms with E-state index in [-0.39, 0.29) is 12.4 Å². The Hall–Kier alpha value is -3.38. The molecule has 0 saturated carbocycles. The van der Waals surface area contributed by atoms with Gasteiger partial charge in [0, 0.05) is 29.9 Å². The number of methoxy groups -OCH3 is 1. The van der Waals surface area contributed by atoms with Crippen LogP contribution in [0.25, 0.3) is 22.3 Å². The molecule has 0 atom stereocenters. The Kier molecular flexibility index (Phi) is 8.84. The fraction of sp³-hybridized carbons (Fsp3) is 0.333. The summed E-state index contributed by atoms with van der Waals surface area (Å²) in [5.41, 5.74) is 6.12. The van der Waals surface area contributed by atoms with Crippen LogP contribution in [-0.4, -0.2) is 37.8 Å². The van der Waals surface area contributed by atoms with Gasteiger partial charge in [-0.25, -0.2) is 4.98 Å². The van der Waals surface area contributed by atoms with E-state index in [1.54, 1.807) is 7.11 Å². The molecular formula is C27H32N2O4. The highest BCUT2D eigenvalue weighted by Gasteiger charge is 2.15. The van der Waals surface area contributed by atoms with Crippen LogP contribution in [0.15, 0.2) is 54.7 Å². The number of carbonyl (C=O) groups excluding carboxylic acids is 1. The van der Waals surface area contributed by atoms with Gasteiger partial charge in [0.1, 0.15) is 5.75 Å². The molecule has 2 aromatic carbocycles. The van der Waals surface area contributed by atoms with Crippen LogP contribution in [0.1, 0.15) is 31.9 Å². The van der Waals surface area contributed by atoms with Crippen molar-refractivity contribution in [2.75, 3.05) is 26.9 Å². The summed E-state index contributed by atoms with van der Waals surface area (Å²) in [6.07, 6.45) is 2.06. The lowest BCUT2D eigenvalue weighted by molar-refractivity contribution is -0.142. The first-order valence-electron chi connectivity index (χ1n) is 11.3. The minimum atomic E-state index is -0.236. The van der Waals surface area contributed by atoms with Gasteiger partial charge in [-0.3, -0.25) is 4.79 Å². The van der Waals surface area contributed by atoms with Crippen LogP contribution in [0.2, 0.25) is 0 Å². The molecule has 6 nitrogen and oxygen atoms in total. The number of carbonyl (C=O) groups is 1. The topological polar surface area (TPSA) is 69.7 Å². The number of hydrogen-bond donors (Lipinski definition) is 1. The average molecular weight is 449 g/mol. The Bertz CT molecular complexity index is 1060. The SMILES string of the molecule is CCNCc1cc(-c2ccc(OCC)nc2)ccc1-c1cc(CC(=O)OCC)ccc1OC. The zero-order chi connectivity index (χ0) is 23.6. The molecule has 3 rings (SSSR count). The molecule has 0 aliphatic carbocycles. The number of pyridine rings is 1. The Balaban J connectivity index is 2.01. The molecule has 0 unspecified atom stereocenters. The normalized spacial score (nSPS) is 10.7. The van der Waals surface area contributed by atoms with Gasteiger partial charge in [0.15, 0.2) is 0 Å². The minimum absolute atomic E-state index is 0.226. The van der Waals surface area contributed by atoms with Crippen LogP contribution < -0.4 is 14.8 Å². The summed E-state index contributed by atoms with van der Waals surface area (Å²) in [4.78, 5) is 16.4. The summed E-state index contributed by atoms with van der Waals surface area (Å²) in [6, 6.07) is 16.1. The van der Waals surface area contributed by atoms with E-state index in [0.717, 1.165) is 45.7 Å². The van der Waals surface area contributed by atoms with Crippen LogP contribution in [0, 0.1) is 0 Å². The summed E-state index contributed by atoms with van der Waals surface area (Å²) < 4.78 is 16.2. The van der Waals surface area contributed by atoms with E-state index >= 15 is 0 Å². The Morgan fingerprint density at radius 3 is 2.42 bits per heavy atom. The first-order valence-corrected chi connectivity index (χ1v) is 11.3. The molecule has 0 spiro atoms. The lowest BCUT2D eigenvalue weighted by Crippen LogP contribution is -2.13. The molecule has 0 saturated heterocycles. The van der Waals surface area contributed by atoms with E-state index < -0.39 is 0 Å². The van der Waals surface area contributed by atoms with Crippen molar-refractivity contribution in [1.29, 1.82) is 0 Å². The van der Waals surface area contributed by atoms with Crippen LogP contribution in [0.3, 0.4) is 0 Å². The molecule has 6 heteroatoms. The molecule has 1 N–H and O–H groups in total. The number of benzene rings is 2. The van der Waals surface area contributed by atoms with Crippen molar-refractivity contribution in [2.45, 2.75) is 33.7 Å². The first-order chi connectivity index (χ1) is 16.1. The fourth-order valence-electron chi connectivity index (χ4n) is 3.68. The Morgan fingerprint density at radius 1 is 0.939 bits per heavy atom. The van der Waals surface area contributed by atoms with E-state index in [9.17, 15) is 4.79 Å². The number of nitrogens with zero attached hydrogens (tertiary/aromatic N) is 1. The highest BCUT2D eigenvalue weighted by Crippen LogP contribution is 2.36. The van der Waals surface area contributed by atoms with E-state index in [1.807, 2.05) is 50.4 Å². The maximum Gasteiger partial charge on any atom is 0.310 e. The van der Waals surface area contributed by atoms with Gasteiger partial charge in [-0.15, -0.1) is 0 Å². The van der Waals surface area contributed by atoms with Gasteiger partial charge in [-0.05, 0) is 66.9 Å². The lowest BCUT2D eigenvalue weighted by atomic mass is 9.93. The highest BCUT2D eigenvalue weighted by molar-refractivity contribution is 5.79. The molecule has 0 amide bonds. The molecule has 1 heterocycles. The Morgan fingerprint density at radius 2 is 1.76 bits per heavy atom. The quantitative estimate of drug-likeness (QED) is 0.415. The zero-order valence-corrected chi connectivity index (χ0v) is 19.8. The van der Waals surface area contributed by atoms with Crippen LogP contribution in [0.5, 0.6) is 11.6 Å². The van der Waals surface area contributed by atoms with Crippen molar-refractivity contribution < 1.29 is 19.0 Å². The minimum Gasteiger partial charge on any atom is -0.496 e. The average Bonchev–Trinajstić information content (AvgIpc) is 2.83. The van der Waals surface area contributed by atoms with Gasteiger partial charge in [-0.2, -0.15) is 0 Å². The van der Waals surface area contributed by atoms with E-state index in [0.29, 0.717) is 25.6 Å². The second-order valence-corrected chi connectivity index (χ2v) is 7.49. The molecular weight excluding hydrogens is 416 g/mol. The first kappa shape index (κ1) is 24.3. The van der Waals surface area contributed by atoms with Gasteiger partial charge in [-0.1, -0.05) is 25.1 Å². The van der Waals surface area contributed by atoms with Crippen LogP contribution in [-0.2, 0) is 22.5 Å². The second kappa shape index (κ2) is 12.0. The van der Waals surface area contributed by atoms with Crippen molar-refractivity contribution in [3.63, 3.8) is 0 Å². The maximum atomic E-state index is 12.0. The number of ether oxygens (including phenoxy) is 3. The molecule has 0 aliphatic heterocycles. The molecule has 0 aliphatic rings. The molecule has 174 valence electrons. The van der Waals surface area contributed by atoms with E-state index in [1.165, 1.54) is 0 Å². The van der Waals surface area contributed by atoms with Crippen molar-refractivity contribution >= 4 is 5.97 Å². The predicted octanol–water partition coefficient (Wildman–Crippen LogP) is 5.04. The van der Waals surface area contributed by atoms with Crippen molar-refractivity contribution in [3.8, 4) is 33.9 Å². The summed E-state index contributed by atoms with van der Waals surface area (Å²) in [5.74, 6) is 1.14. The molecule has 3 aromatic rings. The van der Waals surface area contributed by atoms with Gasteiger partial charge in [0.05, 0.1) is 26.7 Å². The second-order valence-electron chi connectivity index (χ2n) is 7.49. The van der Waals surface area contributed by atoms with Gasteiger partial charge in [0.2, 0.25) is 5.88 Å². The Labute approximate surface area is 195 Å². The smallest absolute Gasteiger partial charge is 0.310 e. The van der Waals surface area contributed by atoms with Gasteiger partial charge in [0.25, 0.3) is 0 Å². The summed E-state index contributed by atoms with van der Waals surface area (Å²) in [7, 11) is 1.66. The summed E-state index contributed by atoms with van der Waals surface area (Å²) >= 11 is 0. The molecule has 0 fully saturated rings. The number of aromatic nitrogens is 1. The largest absolute Gasteiger partial charge is 0.496 e. The molecule has 0 radical (unpaired) electrons. The van der Waals surface area contributed by atoms with Crippen molar-refractivity contribution in [1.82, 2.24) is 10.3 Å². The number of nitrogens with one attached hydrogen (secondary N) is 1. The van der Waals surface area contributed by atoms with Crippen LogP contribution in [0.4, 0.5) is 0 Å².